The van der Waals surface area contributed by atoms with Crippen molar-refractivity contribution in [3.05, 3.63) is 0 Å². The lowest BCUT2D eigenvalue weighted by molar-refractivity contribution is -0.146. The molecule has 6 nitrogen and oxygen atoms in total. The molecule has 1 aliphatic heterocycles. The molecule has 0 radical (unpaired) electrons. The Morgan fingerprint density at radius 3 is 2.50 bits per heavy atom. The van der Waals surface area contributed by atoms with E-state index in [9.17, 15) is 14.4 Å². The Balaban J connectivity index is 1.92. The molecule has 1 saturated carbocycles. The van der Waals surface area contributed by atoms with Crippen LogP contribution in [0.3, 0.4) is 0 Å². The third kappa shape index (κ3) is 1.87. The van der Waals surface area contributed by atoms with Crippen LogP contribution < -0.4 is 0 Å². The summed E-state index contributed by atoms with van der Waals surface area (Å²) in [7, 11) is 1.70. The van der Waals surface area contributed by atoms with E-state index in [1.165, 1.54) is 4.90 Å². The highest BCUT2D eigenvalue weighted by molar-refractivity contribution is 5.92. The maximum absolute atomic E-state index is 11.8. The number of carboxylic acids is 1. The van der Waals surface area contributed by atoms with Gasteiger partial charge in [0.15, 0.2) is 0 Å². The lowest BCUT2D eigenvalue weighted by Gasteiger charge is -2.32. The van der Waals surface area contributed by atoms with Crippen LogP contribution in [0.2, 0.25) is 0 Å². The van der Waals surface area contributed by atoms with Gasteiger partial charge in [0.05, 0.1) is 18.4 Å². The summed E-state index contributed by atoms with van der Waals surface area (Å²) in [4.78, 5) is 36.9. The molecule has 1 saturated heterocycles. The summed E-state index contributed by atoms with van der Waals surface area (Å²) in [6.07, 6.45) is 0.411. The number of aliphatic carboxylic acids is 1. The Kier molecular flexibility index (Phi) is 2.57. The molecule has 0 aromatic rings. The van der Waals surface area contributed by atoms with Crippen molar-refractivity contribution in [2.75, 3.05) is 26.7 Å². The maximum atomic E-state index is 11.8. The summed E-state index contributed by atoms with van der Waals surface area (Å²) in [5.74, 6) is -2.14. The molecule has 0 aromatic heterocycles. The van der Waals surface area contributed by atoms with E-state index >= 15 is 0 Å². The number of carbonyl (C=O) groups excluding carboxylic acids is 2. The fraction of sp³-hybridized carbons (Fsp3) is 0.700. The third-order valence-electron chi connectivity index (χ3n) is 3.19. The summed E-state index contributed by atoms with van der Waals surface area (Å²) in [6, 6.07) is 0. The van der Waals surface area contributed by atoms with E-state index in [2.05, 4.69) is 0 Å². The van der Waals surface area contributed by atoms with Crippen LogP contribution in [0.4, 0.5) is 0 Å². The Morgan fingerprint density at radius 1 is 1.31 bits per heavy atom. The Morgan fingerprint density at radius 2 is 2.00 bits per heavy atom. The van der Waals surface area contributed by atoms with E-state index in [0.29, 0.717) is 19.5 Å². The van der Waals surface area contributed by atoms with Crippen molar-refractivity contribution in [2.24, 2.45) is 11.8 Å². The number of nitrogens with zero attached hydrogens (tertiary/aromatic N) is 2. The molecule has 2 amide bonds. The number of carbonyl (C=O) groups is 3. The van der Waals surface area contributed by atoms with Crippen molar-refractivity contribution in [3.63, 3.8) is 0 Å². The first-order chi connectivity index (χ1) is 7.50. The number of hydrogen-bond donors (Lipinski definition) is 1. The van der Waals surface area contributed by atoms with Gasteiger partial charge in [-0.05, 0) is 6.42 Å². The highest BCUT2D eigenvalue weighted by Gasteiger charge is 2.50. The molecule has 88 valence electrons. The zero-order chi connectivity index (χ0) is 11.9. The molecular weight excluding hydrogens is 212 g/mol. The molecule has 0 aromatic carbocycles. The summed E-state index contributed by atoms with van der Waals surface area (Å²) in [5, 5.41) is 8.72. The van der Waals surface area contributed by atoms with Crippen molar-refractivity contribution in [3.8, 4) is 0 Å². The smallest absolute Gasteiger partial charge is 0.307 e. The Bertz CT molecular complexity index is 355. The van der Waals surface area contributed by atoms with Crippen molar-refractivity contribution in [1.82, 2.24) is 9.80 Å². The molecule has 0 spiro atoms. The number of carboxylic acid groups (broad SMARTS) is 1. The standard InChI is InChI=1S/C10H14N2O4/c1-11-2-3-12(5-8(11)13)9(14)6-4-7(6)10(15)16/h6-7H,2-5H2,1H3,(H,15,16)/t6-,7+/m1/s1. The lowest BCUT2D eigenvalue weighted by atomic mass is 10.2. The normalized spacial score (nSPS) is 29.2. The van der Waals surface area contributed by atoms with Gasteiger partial charge in [-0.15, -0.1) is 0 Å². The second kappa shape index (κ2) is 3.77. The maximum Gasteiger partial charge on any atom is 0.307 e. The van der Waals surface area contributed by atoms with Crippen molar-refractivity contribution in [2.45, 2.75) is 6.42 Å². The molecule has 6 heteroatoms. The second-order valence-corrected chi connectivity index (χ2v) is 4.36. The van der Waals surface area contributed by atoms with Crippen LogP contribution in [0.15, 0.2) is 0 Å². The van der Waals surface area contributed by atoms with E-state index in [1.807, 2.05) is 0 Å². The zero-order valence-electron chi connectivity index (χ0n) is 9.05. The fourth-order valence-corrected chi connectivity index (χ4v) is 1.92. The summed E-state index contributed by atoms with van der Waals surface area (Å²) in [5.41, 5.74) is 0. The monoisotopic (exact) mass is 226 g/mol. The Hall–Kier alpha value is -1.59. The van der Waals surface area contributed by atoms with E-state index < -0.39 is 17.8 Å². The molecular formula is C10H14N2O4. The number of rotatable bonds is 2. The van der Waals surface area contributed by atoms with Crippen LogP contribution in [-0.4, -0.2) is 59.4 Å². The van der Waals surface area contributed by atoms with Gasteiger partial charge in [0, 0.05) is 20.1 Å². The van der Waals surface area contributed by atoms with Gasteiger partial charge in [0.1, 0.15) is 0 Å². The van der Waals surface area contributed by atoms with Gasteiger partial charge in [-0.2, -0.15) is 0 Å². The van der Waals surface area contributed by atoms with E-state index in [1.54, 1.807) is 11.9 Å². The van der Waals surface area contributed by atoms with Crippen LogP contribution in [0.1, 0.15) is 6.42 Å². The summed E-state index contributed by atoms with van der Waals surface area (Å²) < 4.78 is 0. The van der Waals surface area contributed by atoms with Gasteiger partial charge in [-0.3, -0.25) is 14.4 Å². The van der Waals surface area contributed by atoms with Gasteiger partial charge >= 0.3 is 5.97 Å². The fourth-order valence-electron chi connectivity index (χ4n) is 1.92. The van der Waals surface area contributed by atoms with E-state index in [4.69, 9.17) is 5.11 Å². The lowest BCUT2D eigenvalue weighted by Crippen LogP contribution is -2.51. The minimum absolute atomic E-state index is 0.0815. The predicted octanol–water partition coefficient (Wildman–Crippen LogP) is -0.992. The topological polar surface area (TPSA) is 77.9 Å². The van der Waals surface area contributed by atoms with Crippen LogP contribution >= 0.6 is 0 Å². The van der Waals surface area contributed by atoms with Gasteiger partial charge in [-0.25, -0.2) is 0 Å². The largest absolute Gasteiger partial charge is 0.481 e. The molecule has 2 rings (SSSR count). The molecule has 1 aliphatic carbocycles. The quantitative estimate of drug-likeness (QED) is 0.655. The first kappa shape index (κ1) is 10.9. The first-order valence-electron chi connectivity index (χ1n) is 5.26. The second-order valence-electron chi connectivity index (χ2n) is 4.36. The van der Waals surface area contributed by atoms with Gasteiger partial charge < -0.3 is 14.9 Å². The summed E-state index contributed by atoms with van der Waals surface area (Å²) in [6.45, 7) is 1.11. The minimum Gasteiger partial charge on any atom is -0.481 e. The molecule has 0 bridgehead atoms. The van der Waals surface area contributed by atoms with Crippen LogP contribution in [-0.2, 0) is 14.4 Å². The van der Waals surface area contributed by atoms with E-state index in [-0.39, 0.29) is 18.4 Å². The van der Waals surface area contributed by atoms with E-state index in [0.717, 1.165) is 0 Å². The highest BCUT2D eigenvalue weighted by Crippen LogP contribution is 2.40. The number of amides is 2. The van der Waals surface area contributed by atoms with Crippen molar-refractivity contribution < 1.29 is 19.5 Å². The number of likely N-dealkylation sites (N-methyl/N-ethyl adjacent to an activating group) is 1. The highest BCUT2D eigenvalue weighted by atomic mass is 16.4. The molecule has 1 heterocycles. The molecule has 1 N–H and O–H groups in total. The number of hydrogen-bond acceptors (Lipinski definition) is 3. The predicted molar refractivity (Wildman–Crippen MR) is 53.4 cm³/mol. The van der Waals surface area contributed by atoms with Crippen molar-refractivity contribution >= 4 is 17.8 Å². The minimum atomic E-state index is -0.918. The van der Waals surface area contributed by atoms with Gasteiger partial charge in [-0.1, -0.05) is 0 Å². The van der Waals surface area contributed by atoms with Gasteiger partial charge in [0.2, 0.25) is 11.8 Å². The molecule has 16 heavy (non-hydrogen) atoms. The molecule has 2 atom stereocenters. The Labute approximate surface area is 92.8 Å². The third-order valence-corrected chi connectivity index (χ3v) is 3.19. The average Bonchev–Trinajstić information content (AvgIpc) is 3.01. The van der Waals surface area contributed by atoms with Crippen LogP contribution in [0, 0.1) is 11.8 Å². The molecule has 2 fully saturated rings. The number of piperazine rings is 1. The molecule has 2 aliphatic rings. The zero-order valence-corrected chi connectivity index (χ0v) is 9.05. The first-order valence-corrected chi connectivity index (χ1v) is 5.26. The molecule has 0 unspecified atom stereocenters. The van der Waals surface area contributed by atoms with Gasteiger partial charge in [0.25, 0.3) is 0 Å². The summed E-state index contributed by atoms with van der Waals surface area (Å²) >= 11 is 0. The van der Waals surface area contributed by atoms with Crippen LogP contribution in [0.5, 0.6) is 0 Å². The average molecular weight is 226 g/mol. The SMILES string of the molecule is CN1CCN(C(=O)[C@@H]2C[C@@H]2C(=O)O)CC1=O. The van der Waals surface area contributed by atoms with Crippen molar-refractivity contribution in [1.29, 1.82) is 0 Å². The van der Waals surface area contributed by atoms with Crippen LogP contribution in [0.25, 0.3) is 0 Å².